The molecule has 1 aliphatic rings. The summed E-state index contributed by atoms with van der Waals surface area (Å²) in [7, 11) is 0. The third-order valence-corrected chi connectivity index (χ3v) is 3.16. The highest BCUT2D eigenvalue weighted by atomic mass is 16.1. The zero-order valence-corrected chi connectivity index (χ0v) is 10.1. The van der Waals surface area contributed by atoms with Crippen molar-refractivity contribution in [1.29, 1.82) is 0 Å². The van der Waals surface area contributed by atoms with Crippen LogP contribution < -0.4 is 5.73 Å². The maximum atomic E-state index is 10.8. The summed E-state index contributed by atoms with van der Waals surface area (Å²) in [5.74, 6) is 0.213. The van der Waals surface area contributed by atoms with Crippen LogP contribution in [0.15, 0.2) is 12.4 Å². The normalized spacial score (nSPS) is 18.2. The number of nitrogens with two attached hydrogens (primary N) is 1. The van der Waals surface area contributed by atoms with E-state index in [0.29, 0.717) is 12.5 Å². The monoisotopic (exact) mass is 234 g/mol. The third-order valence-electron chi connectivity index (χ3n) is 3.16. The second-order valence-electron chi connectivity index (χ2n) is 4.60. The third kappa shape index (κ3) is 3.23. The molecule has 0 atom stereocenters. The Balaban J connectivity index is 1.93. The van der Waals surface area contributed by atoms with Crippen molar-refractivity contribution < 1.29 is 4.79 Å². The number of hydrogen-bond donors (Lipinski definition) is 1. The fraction of sp³-hybridized carbons (Fsp3) is 0.583. The summed E-state index contributed by atoms with van der Waals surface area (Å²) in [5.41, 5.74) is 7.22. The second-order valence-corrected chi connectivity index (χ2v) is 4.60. The minimum absolute atomic E-state index is 0.251. The fourth-order valence-corrected chi connectivity index (χ4v) is 2.29. The molecule has 5 heteroatoms. The van der Waals surface area contributed by atoms with Gasteiger partial charge in [-0.15, -0.1) is 0 Å². The average Bonchev–Trinajstić information content (AvgIpc) is 2.29. The summed E-state index contributed by atoms with van der Waals surface area (Å²) in [6.45, 7) is 4.14. The van der Waals surface area contributed by atoms with Gasteiger partial charge in [0.15, 0.2) is 0 Å². The molecule has 0 saturated carbocycles. The summed E-state index contributed by atoms with van der Waals surface area (Å²) in [4.78, 5) is 21.6. The first-order chi connectivity index (χ1) is 8.15. The van der Waals surface area contributed by atoms with Crippen LogP contribution in [0.1, 0.15) is 30.1 Å². The Morgan fingerprint density at radius 2 is 2.18 bits per heavy atom. The standard InChI is InChI=1S/C12H18N4O/c1-9-6-14-7-11(15-9)10-2-4-16(5-3-10)8-12(13)17/h6-7,10H,2-5,8H2,1H3,(H2,13,17). The number of carbonyl (C=O) groups excluding carboxylic acids is 1. The van der Waals surface area contributed by atoms with Crippen LogP contribution in [0.25, 0.3) is 0 Å². The van der Waals surface area contributed by atoms with Crippen molar-refractivity contribution in [2.45, 2.75) is 25.7 Å². The molecule has 1 aromatic rings. The van der Waals surface area contributed by atoms with Crippen LogP contribution >= 0.6 is 0 Å². The van der Waals surface area contributed by atoms with Gasteiger partial charge >= 0.3 is 0 Å². The molecule has 1 aliphatic heterocycles. The molecule has 0 aromatic carbocycles. The highest BCUT2D eigenvalue weighted by Gasteiger charge is 2.22. The number of aromatic nitrogens is 2. The van der Waals surface area contributed by atoms with Crippen molar-refractivity contribution in [3.63, 3.8) is 0 Å². The Kier molecular flexibility index (Phi) is 3.68. The van der Waals surface area contributed by atoms with Gasteiger partial charge in [0.2, 0.25) is 5.91 Å². The van der Waals surface area contributed by atoms with E-state index in [2.05, 4.69) is 14.9 Å². The smallest absolute Gasteiger partial charge is 0.231 e. The van der Waals surface area contributed by atoms with Crippen molar-refractivity contribution >= 4 is 5.91 Å². The molecule has 92 valence electrons. The van der Waals surface area contributed by atoms with Gasteiger partial charge in [-0.05, 0) is 32.9 Å². The molecular weight excluding hydrogens is 216 g/mol. The summed E-state index contributed by atoms with van der Waals surface area (Å²) < 4.78 is 0. The lowest BCUT2D eigenvalue weighted by Gasteiger charge is -2.30. The summed E-state index contributed by atoms with van der Waals surface area (Å²) in [6, 6.07) is 0. The molecule has 2 N–H and O–H groups in total. The largest absolute Gasteiger partial charge is 0.369 e. The van der Waals surface area contributed by atoms with Gasteiger partial charge in [-0.2, -0.15) is 0 Å². The van der Waals surface area contributed by atoms with Gasteiger partial charge in [0, 0.05) is 18.3 Å². The molecule has 17 heavy (non-hydrogen) atoms. The van der Waals surface area contributed by atoms with Gasteiger partial charge in [0.25, 0.3) is 0 Å². The molecule has 1 aromatic heterocycles. The first-order valence-electron chi connectivity index (χ1n) is 5.94. The van der Waals surface area contributed by atoms with E-state index in [0.717, 1.165) is 37.3 Å². The van der Waals surface area contributed by atoms with Crippen molar-refractivity contribution in [3.05, 3.63) is 23.8 Å². The number of piperidine rings is 1. The van der Waals surface area contributed by atoms with E-state index >= 15 is 0 Å². The minimum Gasteiger partial charge on any atom is -0.369 e. The van der Waals surface area contributed by atoms with Crippen LogP contribution in [0.4, 0.5) is 0 Å². The van der Waals surface area contributed by atoms with Crippen LogP contribution in [-0.2, 0) is 4.79 Å². The van der Waals surface area contributed by atoms with E-state index in [9.17, 15) is 4.79 Å². The number of aryl methyl sites for hydroxylation is 1. The lowest BCUT2D eigenvalue weighted by atomic mass is 9.94. The minimum atomic E-state index is -0.251. The number of rotatable bonds is 3. The van der Waals surface area contributed by atoms with Crippen LogP contribution in [0.2, 0.25) is 0 Å². The molecule has 0 bridgehead atoms. The summed E-state index contributed by atoms with van der Waals surface area (Å²) >= 11 is 0. The van der Waals surface area contributed by atoms with Gasteiger partial charge in [-0.1, -0.05) is 0 Å². The van der Waals surface area contributed by atoms with Gasteiger partial charge in [0.1, 0.15) is 0 Å². The fourth-order valence-electron chi connectivity index (χ4n) is 2.29. The van der Waals surface area contributed by atoms with Crippen LogP contribution in [-0.4, -0.2) is 40.4 Å². The molecular formula is C12H18N4O. The van der Waals surface area contributed by atoms with Crippen LogP contribution in [0.3, 0.4) is 0 Å². The number of likely N-dealkylation sites (tertiary alicyclic amines) is 1. The van der Waals surface area contributed by atoms with E-state index in [-0.39, 0.29) is 5.91 Å². The molecule has 2 rings (SSSR count). The maximum absolute atomic E-state index is 10.8. The van der Waals surface area contributed by atoms with Crippen molar-refractivity contribution in [2.24, 2.45) is 5.73 Å². The molecule has 1 fully saturated rings. The first kappa shape index (κ1) is 12.0. The Bertz CT molecular complexity index is 399. The van der Waals surface area contributed by atoms with E-state index in [1.165, 1.54) is 0 Å². The predicted molar refractivity (Wildman–Crippen MR) is 64.4 cm³/mol. The predicted octanol–water partition coefficient (Wildman–Crippen LogP) is 0.450. The highest BCUT2D eigenvalue weighted by Crippen LogP contribution is 2.25. The van der Waals surface area contributed by atoms with Crippen molar-refractivity contribution in [1.82, 2.24) is 14.9 Å². The highest BCUT2D eigenvalue weighted by molar-refractivity contribution is 5.75. The van der Waals surface area contributed by atoms with Gasteiger partial charge in [-0.25, -0.2) is 0 Å². The Morgan fingerprint density at radius 3 is 2.76 bits per heavy atom. The molecule has 1 saturated heterocycles. The molecule has 1 amide bonds. The Labute approximate surface area is 101 Å². The van der Waals surface area contributed by atoms with Crippen molar-refractivity contribution in [3.8, 4) is 0 Å². The van der Waals surface area contributed by atoms with Crippen LogP contribution in [0, 0.1) is 6.92 Å². The number of hydrogen-bond acceptors (Lipinski definition) is 4. The van der Waals surface area contributed by atoms with E-state index in [1.54, 1.807) is 6.20 Å². The van der Waals surface area contributed by atoms with Gasteiger partial charge in [-0.3, -0.25) is 19.7 Å². The zero-order valence-electron chi connectivity index (χ0n) is 10.1. The number of carbonyl (C=O) groups is 1. The summed E-state index contributed by atoms with van der Waals surface area (Å²) in [6.07, 6.45) is 5.66. The molecule has 0 aliphatic carbocycles. The molecule has 2 heterocycles. The summed E-state index contributed by atoms with van der Waals surface area (Å²) in [5, 5.41) is 0. The SMILES string of the molecule is Cc1cncc(C2CCN(CC(N)=O)CC2)n1. The van der Waals surface area contributed by atoms with Gasteiger partial charge in [0.05, 0.1) is 17.9 Å². The molecule has 5 nitrogen and oxygen atoms in total. The zero-order chi connectivity index (χ0) is 12.3. The lowest BCUT2D eigenvalue weighted by molar-refractivity contribution is -0.119. The van der Waals surface area contributed by atoms with Gasteiger partial charge < -0.3 is 5.73 Å². The number of nitrogens with zero attached hydrogens (tertiary/aromatic N) is 3. The average molecular weight is 234 g/mol. The van der Waals surface area contributed by atoms with E-state index in [1.807, 2.05) is 13.1 Å². The second kappa shape index (κ2) is 5.23. The van der Waals surface area contributed by atoms with E-state index < -0.39 is 0 Å². The molecule has 0 unspecified atom stereocenters. The van der Waals surface area contributed by atoms with E-state index in [4.69, 9.17) is 5.73 Å². The van der Waals surface area contributed by atoms with Crippen LogP contribution in [0.5, 0.6) is 0 Å². The maximum Gasteiger partial charge on any atom is 0.231 e. The number of amides is 1. The topological polar surface area (TPSA) is 72.1 Å². The van der Waals surface area contributed by atoms with Crippen molar-refractivity contribution in [2.75, 3.05) is 19.6 Å². The lowest BCUT2D eigenvalue weighted by Crippen LogP contribution is -2.39. The Hall–Kier alpha value is -1.49. The quantitative estimate of drug-likeness (QED) is 0.824. The Morgan fingerprint density at radius 1 is 1.47 bits per heavy atom. The molecule has 0 spiro atoms. The number of primary amides is 1. The first-order valence-corrected chi connectivity index (χ1v) is 5.94. The molecule has 0 radical (unpaired) electrons.